The van der Waals surface area contributed by atoms with Crippen LogP contribution in [0, 0.1) is 0 Å². The van der Waals surface area contributed by atoms with Crippen molar-refractivity contribution in [2.24, 2.45) is 0 Å². The summed E-state index contributed by atoms with van der Waals surface area (Å²) in [5.74, 6) is 0.698. The molecule has 8 heteroatoms. The number of anilines is 2. The van der Waals surface area contributed by atoms with E-state index >= 15 is 0 Å². The summed E-state index contributed by atoms with van der Waals surface area (Å²) >= 11 is 4.41. The molecule has 0 amide bonds. The summed E-state index contributed by atoms with van der Waals surface area (Å²) < 4.78 is 27.9. The van der Waals surface area contributed by atoms with Gasteiger partial charge in [0.2, 0.25) is 0 Å². The average molecular weight is 390 g/mol. The molecular formula is C13H16BrN3O2S2. The van der Waals surface area contributed by atoms with E-state index < -0.39 is 10.0 Å². The Hall–Kier alpha value is -1.12. The Morgan fingerprint density at radius 3 is 2.38 bits per heavy atom. The number of thiophene rings is 1. The second-order valence-electron chi connectivity index (χ2n) is 5.47. The molecule has 2 heterocycles. The molecule has 0 unspecified atom stereocenters. The van der Waals surface area contributed by atoms with Gasteiger partial charge in [-0.3, -0.25) is 4.72 Å². The number of hydrogen-bond acceptors (Lipinski definition) is 5. The minimum absolute atomic E-state index is 0.0999. The number of nitrogens with one attached hydrogen (secondary N) is 2. The lowest BCUT2D eigenvalue weighted by atomic mass is 10.1. The summed E-state index contributed by atoms with van der Waals surface area (Å²) in [7, 11) is -3.56. The Bertz CT molecular complexity index is 719. The first kappa shape index (κ1) is 16.3. The summed E-state index contributed by atoms with van der Waals surface area (Å²) in [6, 6.07) is 6.68. The molecule has 0 radical (unpaired) electrons. The van der Waals surface area contributed by atoms with Gasteiger partial charge in [0, 0.05) is 5.54 Å². The predicted octanol–water partition coefficient (Wildman–Crippen LogP) is 3.92. The molecule has 0 aliphatic heterocycles. The Kier molecular flexibility index (Phi) is 4.60. The van der Waals surface area contributed by atoms with E-state index in [1.165, 1.54) is 6.20 Å². The van der Waals surface area contributed by atoms with E-state index in [2.05, 4.69) is 31.0 Å². The van der Waals surface area contributed by atoms with E-state index in [9.17, 15) is 8.42 Å². The molecule has 0 aliphatic carbocycles. The van der Waals surface area contributed by atoms with Crippen molar-refractivity contribution < 1.29 is 8.42 Å². The quantitative estimate of drug-likeness (QED) is 0.830. The number of halogens is 1. The van der Waals surface area contributed by atoms with Gasteiger partial charge in [-0.2, -0.15) is 0 Å². The lowest BCUT2D eigenvalue weighted by Gasteiger charge is -2.21. The van der Waals surface area contributed by atoms with E-state index in [0.717, 1.165) is 15.1 Å². The van der Waals surface area contributed by atoms with Crippen LogP contribution in [0.2, 0.25) is 0 Å². The maximum atomic E-state index is 12.2. The molecule has 2 N–H and O–H groups in total. The van der Waals surface area contributed by atoms with Gasteiger partial charge >= 0.3 is 0 Å². The molecule has 2 aromatic heterocycles. The van der Waals surface area contributed by atoms with Crippen LogP contribution in [0.1, 0.15) is 20.8 Å². The molecule has 0 aliphatic rings. The normalized spacial score (nSPS) is 12.2. The molecule has 0 aromatic carbocycles. The van der Waals surface area contributed by atoms with Gasteiger partial charge in [-0.15, -0.1) is 11.3 Å². The van der Waals surface area contributed by atoms with Gasteiger partial charge in [0.05, 0.1) is 15.7 Å². The zero-order valence-corrected chi connectivity index (χ0v) is 15.1. The average Bonchev–Trinajstić information content (AvgIpc) is 2.77. The third kappa shape index (κ3) is 4.69. The highest BCUT2D eigenvalue weighted by Crippen LogP contribution is 2.27. The Morgan fingerprint density at radius 1 is 1.19 bits per heavy atom. The van der Waals surface area contributed by atoms with Crippen molar-refractivity contribution in [3.05, 3.63) is 34.2 Å². The zero-order chi connectivity index (χ0) is 15.7. The van der Waals surface area contributed by atoms with E-state index in [4.69, 9.17) is 0 Å². The number of sulfonamides is 1. The Morgan fingerprint density at radius 2 is 1.90 bits per heavy atom. The number of rotatable bonds is 4. The number of aromatic nitrogens is 1. The van der Waals surface area contributed by atoms with Crippen molar-refractivity contribution >= 4 is 48.8 Å². The molecule has 0 atom stereocenters. The van der Waals surface area contributed by atoms with E-state index in [0.29, 0.717) is 11.5 Å². The highest BCUT2D eigenvalue weighted by molar-refractivity contribution is 9.11. The Labute approximate surface area is 137 Å². The third-order valence-corrected chi connectivity index (χ3v) is 5.83. The number of pyridine rings is 1. The summed E-state index contributed by atoms with van der Waals surface area (Å²) in [6.07, 6.45) is 1.49. The summed E-state index contributed by atoms with van der Waals surface area (Å²) in [5, 5.41) is 3.21. The molecule has 0 spiro atoms. The lowest BCUT2D eigenvalue weighted by molar-refractivity contribution is 0.603. The van der Waals surface area contributed by atoms with Gasteiger partial charge in [-0.1, -0.05) is 0 Å². The molecule has 0 saturated heterocycles. The van der Waals surface area contributed by atoms with Crippen molar-refractivity contribution in [3.8, 4) is 0 Å². The van der Waals surface area contributed by atoms with Crippen LogP contribution in [0.3, 0.4) is 0 Å². The first-order valence-corrected chi connectivity index (χ1v) is 9.27. The van der Waals surface area contributed by atoms with Crippen LogP contribution in [0.4, 0.5) is 11.5 Å². The zero-order valence-electron chi connectivity index (χ0n) is 11.8. The van der Waals surface area contributed by atoms with Crippen LogP contribution in [0.25, 0.3) is 0 Å². The highest BCUT2D eigenvalue weighted by Gasteiger charge is 2.17. The van der Waals surface area contributed by atoms with Crippen molar-refractivity contribution in [3.63, 3.8) is 0 Å². The van der Waals surface area contributed by atoms with E-state index in [1.807, 2.05) is 20.8 Å². The topological polar surface area (TPSA) is 71.1 Å². The van der Waals surface area contributed by atoms with Crippen LogP contribution in [-0.2, 0) is 10.0 Å². The van der Waals surface area contributed by atoms with Crippen LogP contribution in [-0.4, -0.2) is 18.9 Å². The summed E-state index contributed by atoms with van der Waals surface area (Å²) in [5.41, 5.74) is 0.330. The van der Waals surface area contributed by atoms with Crippen LogP contribution in [0.5, 0.6) is 0 Å². The largest absolute Gasteiger partial charge is 0.365 e. The maximum Gasteiger partial charge on any atom is 0.271 e. The van der Waals surface area contributed by atoms with Crippen molar-refractivity contribution in [2.45, 2.75) is 30.5 Å². The van der Waals surface area contributed by atoms with Gasteiger partial charge in [0.25, 0.3) is 10.0 Å². The van der Waals surface area contributed by atoms with Crippen LogP contribution in [0.15, 0.2) is 38.5 Å². The molecule has 21 heavy (non-hydrogen) atoms. The molecule has 2 rings (SSSR count). The molecule has 0 fully saturated rings. The lowest BCUT2D eigenvalue weighted by Crippen LogP contribution is -2.26. The van der Waals surface area contributed by atoms with E-state index in [1.54, 1.807) is 24.3 Å². The first-order valence-electron chi connectivity index (χ1n) is 6.18. The first-order chi connectivity index (χ1) is 9.66. The van der Waals surface area contributed by atoms with Gasteiger partial charge in [0.15, 0.2) is 0 Å². The van der Waals surface area contributed by atoms with Crippen molar-refractivity contribution in [1.29, 1.82) is 0 Å². The fraction of sp³-hybridized carbons (Fsp3) is 0.308. The fourth-order valence-electron chi connectivity index (χ4n) is 1.56. The van der Waals surface area contributed by atoms with Crippen molar-refractivity contribution in [1.82, 2.24) is 4.98 Å². The minimum atomic E-state index is -3.56. The minimum Gasteiger partial charge on any atom is -0.365 e. The maximum absolute atomic E-state index is 12.2. The standard InChI is InChI=1S/C13H16BrN3O2S2/c1-13(2,3)16-11-6-4-9(8-15-11)17-21(18,19)12-7-5-10(14)20-12/h4-8,17H,1-3H3,(H,15,16). The molecule has 5 nitrogen and oxygen atoms in total. The highest BCUT2D eigenvalue weighted by atomic mass is 79.9. The third-order valence-electron chi connectivity index (χ3n) is 2.33. The molecule has 0 saturated carbocycles. The van der Waals surface area contributed by atoms with Gasteiger partial charge in [-0.25, -0.2) is 13.4 Å². The molecule has 0 bridgehead atoms. The molecular weight excluding hydrogens is 374 g/mol. The van der Waals surface area contributed by atoms with Crippen molar-refractivity contribution in [2.75, 3.05) is 10.0 Å². The van der Waals surface area contributed by atoms with Gasteiger partial charge in [-0.05, 0) is 61.0 Å². The second kappa shape index (κ2) is 5.94. The number of hydrogen-bond donors (Lipinski definition) is 2. The molecule has 2 aromatic rings. The SMILES string of the molecule is CC(C)(C)Nc1ccc(NS(=O)(=O)c2ccc(Br)s2)cn1. The fourth-order valence-corrected chi connectivity index (χ4v) is 4.61. The van der Waals surface area contributed by atoms with Crippen LogP contribution >= 0.6 is 27.3 Å². The Balaban J connectivity index is 2.13. The van der Waals surface area contributed by atoms with Crippen LogP contribution < -0.4 is 10.0 Å². The monoisotopic (exact) mass is 389 g/mol. The van der Waals surface area contributed by atoms with E-state index in [-0.39, 0.29) is 9.75 Å². The number of nitrogens with zero attached hydrogens (tertiary/aromatic N) is 1. The summed E-state index contributed by atoms with van der Waals surface area (Å²) in [6.45, 7) is 6.08. The predicted molar refractivity (Wildman–Crippen MR) is 90.4 cm³/mol. The second-order valence-corrected chi connectivity index (χ2v) is 9.84. The summed E-state index contributed by atoms with van der Waals surface area (Å²) in [4.78, 5) is 4.20. The smallest absolute Gasteiger partial charge is 0.271 e. The van der Waals surface area contributed by atoms with Gasteiger partial charge in [0.1, 0.15) is 10.0 Å². The molecule has 114 valence electrons. The van der Waals surface area contributed by atoms with Gasteiger partial charge < -0.3 is 5.32 Å².